The van der Waals surface area contributed by atoms with Gasteiger partial charge in [0.2, 0.25) is 5.95 Å². The molecule has 1 aromatic carbocycles. The molecule has 0 bridgehead atoms. The molecule has 0 amide bonds. The number of anilines is 4. The molecule has 6 nitrogen and oxygen atoms in total. The van der Waals surface area contributed by atoms with Gasteiger partial charge in [-0.2, -0.15) is 10.1 Å². The Morgan fingerprint density at radius 1 is 1.12 bits per heavy atom. The Morgan fingerprint density at radius 2 is 1.80 bits per heavy atom. The summed E-state index contributed by atoms with van der Waals surface area (Å²) in [6.45, 7) is 10.7. The largest absolute Gasteiger partial charge is 0.372 e. The molecule has 1 aromatic heterocycles. The highest BCUT2D eigenvalue weighted by atomic mass is 15.3. The van der Waals surface area contributed by atoms with E-state index in [2.05, 4.69) is 75.3 Å². The van der Waals surface area contributed by atoms with Crippen molar-refractivity contribution in [2.75, 3.05) is 41.3 Å². The smallest absolute Gasteiger partial charge is 0.249 e. The van der Waals surface area contributed by atoms with E-state index >= 15 is 0 Å². The van der Waals surface area contributed by atoms with Gasteiger partial charge in [0, 0.05) is 37.6 Å². The lowest BCUT2D eigenvalue weighted by Crippen LogP contribution is -2.33. The lowest BCUT2D eigenvalue weighted by Gasteiger charge is -2.30. The highest BCUT2D eigenvalue weighted by molar-refractivity contribution is 5.59. The van der Waals surface area contributed by atoms with Gasteiger partial charge in [-0.3, -0.25) is 0 Å². The molecule has 1 saturated heterocycles. The summed E-state index contributed by atoms with van der Waals surface area (Å²) in [4.78, 5) is 9.25. The van der Waals surface area contributed by atoms with E-state index in [0.717, 1.165) is 43.6 Å². The normalized spacial score (nSPS) is 15.2. The summed E-state index contributed by atoms with van der Waals surface area (Å²) in [5, 5.41) is 11.5. The molecule has 1 aliphatic heterocycles. The summed E-state index contributed by atoms with van der Waals surface area (Å²) >= 11 is 0. The lowest BCUT2D eigenvalue weighted by molar-refractivity contribution is 0.436. The first-order chi connectivity index (χ1) is 12.2. The number of hydrogen-bond donors (Lipinski definition) is 1. The molecule has 0 saturated carbocycles. The van der Waals surface area contributed by atoms with Crippen LogP contribution in [0.3, 0.4) is 0 Å². The summed E-state index contributed by atoms with van der Waals surface area (Å²) < 4.78 is 0. The van der Waals surface area contributed by atoms with Gasteiger partial charge in [-0.05, 0) is 56.9 Å². The second-order valence-corrected chi connectivity index (χ2v) is 6.65. The van der Waals surface area contributed by atoms with E-state index in [9.17, 15) is 0 Å². The van der Waals surface area contributed by atoms with Crippen LogP contribution in [0.15, 0.2) is 30.5 Å². The van der Waals surface area contributed by atoms with Crippen LogP contribution in [0.4, 0.5) is 23.1 Å². The van der Waals surface area contributed by atoms with E-state index in [1.165, 1.54) is 18.5 Å². The standard InChI is InChI=1S/C19H28N6/c1-4-24(5-2)17-8-6-16(7-9-17)21-19-22-18(14-20-23-19)25-12-10-15(3)11-13-25/h6-9,14-15H,4-5,10-13H2,1-3H3,(H,21,22,23). The molecule has 1 fully saturated rings. The van der Waals surface area contributed by atoms with Crippen molar-refractivity contribution < 1.29 is 0 Å². The van der Waals surface area contributed by atoms with Crippen LogP contribution in [0.25, 0.3) is 0 Å². The summed E-state index contributed by atoms with van der Waals surface area (Å²) in [6, 6.07) is 8.37. The predicted molar refractivity (Wildman–Crippen MR) is 104 cm³/mol. The Labute approximate surface area is 150 Å². The summed E-state index contributed by atoms with van der Waals surface area (Å²) in [6.07, 6.45) is 4.17. The first-order valence-electron chi connectivity index (χ1n) is 9.26. The third-order valence-electron chi connectivity index (χ3n) is 4.91. The first-order valence-corrected chi connectivity index (χ1v) is 9.26. The van der Waals surface area contributed by atoms with Crippen LogP contribution in [0.5, 0.6) is 0 Å². The molecular formula is C19H28N6. The molecule has 0 radical (unpaired) electrons. The SMILES string of the molecule is CCN(CC)c1ccc(Nc2nncc(N3CCC(C)CC3)n2)cc1. The van der Waals surface area contributed by atoms with Crippen molar-refractivity contribution in [1.82, 2.24) is 15.2 Å². The fraction of sp³-hybridized carbons (Fsp3) is 0.526. The number of nitrogens with zero attached hydrogens (tertiary/aromatic N) is 5. The molecular weight excluding hydrogens is 312 g/mol. The maximum Gasteiger partial charge on any atom is 0.249 e. The molecule has 2 aromatic rings. The number of rotatable bonds is 6. The van der Waals surface area contributed by atoms with Crippen LogP contribution in [-0.2, 0) is 0 Å². The quantitative estimate of drug-likeness (QED) is 0.865. The van der Waals surface area contributed by atoms with Gasteiger partial charge in [0.25, 0.3) is 0 Å². The maximum atomic E-state index is 4.64. The van der Waals surface area contributed by atoms with Gasteiger partial charge in [-0.1, -0.05) is 6.92 Å². The Morgan fingerprint density at radius 3 is 2.44 bits per heavy atom. The van der Waals surface area contributed by atoms with Gasteiger partial charge in [0.05, 0.1) is 6.20 Å². The van der Waals surface area contributed by atoms with Crippen molar-refractivity contribution in [2.45, 2.75) is 33.6 Å². The van der Waals surface area contributed by atoms with Crippen molar-refractivity contribution >= 4 is 23.1 Å². The number of nitrogens with one attached hydrogen (secondary N) is 1. The van der Waals surface area contributed by atoms with E-state index < -0.39 is 0 Å². The van der Waals surface area contributed by atoms with Crippen LogP contribution in [0.1, 0.15) is 33.6 Å². The van der Waals surface area contributed by atoms with Gasteiger partial charge in [0.15, 0.2) is 5.82 Å². The van der Waals surface area contributed by atoms with Crippen molar-refractivity contribution in [3.05, 3.63) is 30.5 Å². The number of hydrogen-bond acceptors (Lipinski definition) is 6. The van der Waals surface area contributed by atoms with Crippen molar-refractivity contribution in [1.29, 1.82) is 0 Å². The zero-order valence-corrected chi connectivity index (χ0v) is 15.4. The zero-order valence-electron chi connectivity index (χ0n) is 15.4. The van der Waals surface area contributed by atoms with Crippen LogP contribution >= 0.6 is 0 Å². The average Bonchev–Trinajstić information content (AvgIpc) is 2.65. The Hall–Kier alpha value is -2.37. The fourth-order valence-electron chi connectivity index (χ4n) is 3.21. The van der Waals surface area contributed by atoms with Gasteiger partial charge < -0.3 is 15.1 Å². The third kappa shape index (κ3) is 4.38. The molecule has 2 heterocycles. The van der Waals surface area contributed by atoms with Crippen molar-refractivity contribution in [2.24, 2.45) is 5.92 Å². The molecule has 1 N–H and O–H groups in total. The summed E-state index contributed by atoms with van der Waals surface area (Å²) in [7, 11) is 0. The minimum absolute atomic E-state index is 0.548. The van der Waals surface area contributed by atoms with Crippen LogP contribution in [-0.4, -0.2) is 41.4 Å². The average molecular weight is 340 g/mol. The number of benzene rings is 1. The van der Waals surface area contributed by atoms with Gasteiger partial charge in [0.1, 0.15) is 0 Å². The topological polar surface area (TPSA) is 57.2 Å². The number of piperidine rings is 1. The monoisotopic (exact) mass is 340 g/mol. The van der Waals surface area contributed by atoms with E-state index in [1.807, 2.05) is 0 Å². The summed E-state index contributed by atoms with van der Waals surface area (Å²) in [5.74, 6) is 2.25. The van der Waals surface area contributed by atoms with Crippen molar-refractivity contribution in [3.63, 3.8) is 0 Å². The van der Waals surface area contributed by atoms with E-state index in [1.54, 1.807) is 6.20 Å². The highest BCUT2D eigenvalue weighted by Crippen LogP contribution is 2.23. The van der Waals surface area contributed by atoms with Gasteiger partial charge >= 0.3 is 0 Å². The first kappa shape index (κ1) is 17.5. The highest BCUT2D eigenvalue weighted by Gasteiger charge is 2.17. The van der Waals surface area contributed by atoms with E-state index in [4.69, 9.17) is 0 Å². The minimum atomic E-state index is 0.548. The summed E-state index contributed by atoms with van der Waals surface area (Å²) in [5.41, 5.74) is 2.20. The number of aromatic nitrogens is 3. The zero-order chi connectivity index (χ0) is 17.6. The molecule has 25 heavy (non-hydrogen) atoms. The van der Waals surface area contributed by atoms with Crippen molar-refractivity contribution in [3.8, 4) is 0 Å². The molecule has 1 aliphatic rings. The Kier molecular flexibility index (Phi) is 5.68. The third-order valence-corrected chi connectivity index (χ3v) is 4.91. The second kappa shape index (κ2) is 8.14. The molecule has 134 valence electrons. The molecule has 0 atom stereocenters. The van der Waals surface area contributed by atoms with Crippen LogP contribution in [0, 0.1) is 5.92 Å². The van der Waals surface area contributed by atoms with E-state index in [-0.39, 0.29) is 0 Å². The Balaban J connectivity index is 1.67. The minimum Gasteiger partial charge on any atom is -0.372 e. The van der Waals surface area contributed by atoms with Gasteiger partial charge in [-0.15, -0.1) is 5.10 Å². The lowest BCUT2D eigenvalue weighted by atomic mass is 9.99. The molecule has 0 spiro atoms. The van der Waals surface area contributed by atoms with Gasteiger partial charge in [-0.25, -0.2) is 0 Å². The van der Waals surface area contributed by atoms with Crippen LogP contribution in [0.2, 0.25) is 0 Å². The molecule has 0 aliphatic carbocycles. The fourth-order valence-corrected chi connectivity index (χ4v) is 3.21. The molecule has 3 rings (SSSR count). The van der Waals surface area contributed by atoms with E-state index in [0.29, 0.717) is 5.95 Å². The predicted octanol–water partition coefficient (Wildman–Crippen LogP) is 3.70. The van der Waals surface area contributed by atoms with Crippen LogP contribution < -0.4 is 15.1 Å². The second-order valence-electron chi connectivity index (χ2n) is 6.65. The molecule has 6 heteroatoms. The maximum absolute atomic E-state index is 4.64. The molecule has 0 unspecified atom stereocenters. The Bertz CT molecular complexity index is 660.